The highest BCUT2D eigenvalue weighted by atomic mass is 16.3. The molecule has 0 bridgehead atoms. The fraction of sp³-hybridized carbons (Fsp3) is 0.533. The van der Waals surface area contributed by atoms with Crippen LogP contribution >= 0.6 is 0 Å². The zero-order chi connectivity index (χ0) is 12.5. The third kappa shape index (κ3) is 2.50. The Morgan fingerprint density at radius 3 is 2.50 bits per heavy atom. The molecule has 1 aromatic rings. The summed E-state index contributed by atoms with van der Waals surface area (Å²) in [6, 6.07) is 7.15. The summed E-state index contributed by atoms with van der Waals surface area (Å²) in [6.45, 7) is 0.690. The normalized spacial score (nSPS) is 28.8. The molecule has 2 fully saturated rings. The van der Waals surface area contributed by atoms with Crippen molar-refractivity contribution in [2.75, 3.05) is 6.54 Å². The van der Waals surface area contributed by atoms with E-state index >= 15 is 0 Å². The van der Waals surface area contributed by atoms with Gasteiger partial charge in [0.25, 0.3) is 0 Å². The molecule has 3 rings (SSSR count). The van der Waals surface area contributed by atoms with Crippen molar-refractivity contribution < 1.29 is 9.90 Å². The van der Waals surface area contributed by atoms with E-state index in [1.165, 1.54) is 6.42 Å². The summed E-state index contributed by atoms with van der Waals surface area (Å²) in [5.41, 5.74) is 1.14. The van der Waals surface area contributed by atoms with Gasteiger partial charge in [0.15, 0.2) is 0 Å². The summed E-state index contributed by atoms with van der Waals surface area (Å²) in [5, 5.41) is 12.2. The molecule has 18 heavy (non-hydrogen) atoms. The first-order chi connectivity index (χ1) is 8.72. The highest BCUT2D eigenvalue weighted by Gasteiger charge is 2.47. The number of phenolic OH excluding ortho intramolecular Hbond substituents is 1. The van der Waals surface area contributed by atoms with Crippen LogP contribution < -0.4 is 5.32 Å². The molecule has 1 amide bonds. The van der Waals surface area contributed by atoms with E-state index in [1.54, 1.807) is 12.1 Å². The SMILES string of the molecule is O=C(NCCc1ccc(O)cc1)C1CC2CC2C1. The van der Waals surface area contributed by atoms with Gasteiger partial charge in [0.2, 0.25) is 5.91 Å². The second-order valence-corrected chi connectivity index (χ2v) is 5.63. The molecule has 3 nitrogen and oxygen atoms in total. The molecular formula is C15H19NO2. The van der Waals surface area contributed by atoms with Crippen molar-refractivity contribution in [2.24, 2.45) is 17.8 Å². The smallest absolute Gasteiger partial charge is 0.223 e. The van der Waals surface area contributed by atoms with Gasteiger partial charge in [-0.3, -0.25) is 4.79 Å². The summed E-state index contributed by atoms with van der Waals surface area (Å²) in [7, 11) is 0. The third-order valence-corrected chi connectivity index (χ3v) is 4.26. The third-order valence-electron chi connectivity index (χ3n) is 4.26. The van der Waals surface area contributed by atoms with Gasteiger partial charge in [0.1, 0.15) is 5.75 Å². The number of carbonyl (C=O) groups is 1. The number of benzene rings is 1. The Labute approximate surface area is 107 Å². The lowest BCUT2D eigenvalue weighted by Gasteiger charge is -2.12. The van der Waals surface area contributed by atoms with E-state index in [2.05, 4.69) is 5.32 Å². The van der Waals surface area contributed by atoms with Gasteiger partial charge in [-0.25, -0.2) is 0 Å². The zero-order valence-corrected chi connectivity index (χ0v) is 10.4. The summed E-state index contributed by atoms with van der Waals surface area (Å²) in [4.78, 5) is 11.9. The number of carbonyl (C=O) groups excluding carboxylic acids is 1. The second-order valence-electron chi connectivity index (χ2n) is 5.63. The van der Waals surface area contributed by atoms with Gasteiger partial charge in [-0.05, 0) is 55.2 Å². The predicted molar refractivity (Wildman–Crippen MR) is 69.1 cm³/mol. The number of fused-ring (bicyclic) bond motifs is 1. The van der Waals surface area contributed by atoms with Crippen LogP contribution in [-0.4, -0.2) is 17.6 Å². The van der Waals surface area contributed by atoms with Gasteiger partial charge in [-0.2, -0.15) is 0 Å². The second kappa shape index (κ2) is 4.63. The first-order valence-corrected chi connectivity index (χ1v) is 6.78. The van der Waals surface area contributed by atoms with Gasteiger partial charge in [-0.15, -0.1) is 0 Å². The highest BCUT2D eigenvalue weighted by molar-refractivity contribution is 5.79. The monoisotopic (exact) mass is 245 g/mol. The van der Waals surface area contributed by atoms with Gasteiger partial charge in [0.05, 0.1) is 0 Å². The number of aromatic hydroxyl groups is 1. The lowest BCUT2D eigenvalue weighted by atomic mass is 10.0. The van der Waals surface area contributed by atoms with Crippen molar-refractivity contribution in [1.82, 2.24) is 5.32 Å². The molecule has 0 heterocycles. The molecule has 2 saturated carbocycles. The molecule has 2 unspecified atom stereocenters. The Morgan fingerprint density at radius 1 is 1.17 bits per heavy atom. The fourth-order valence-corrected chi connectivity index (χ4v) is 3.07. The topological polar surface area (TPSA) is 49.3 Å². The largest absolute Gasteiger partial charge is 0.508 e. The average Bonchev–Trinajstić information content (AvgIpc) is 2.98. The molecular weight excluding hydrogens is 226 g/mol. The first kappa shape index (κ1) is 11.6. The van der Waals surface area contributed by atoms with Crippen LogP contribution in [0.25, 0.3) is 0 Å². The van der Waals surface area contributed by atoms with Gasteiger partial charge >= 0.3 is 0 Å². The Bertz CT molecular complexity index is 430. The summed E-state index contributed by atoms with van der Waals surface area (Å²) >= 11 is 0. The predicted octanol–water partition coefficient (Wildman–Crippen LogP) is 2.10. The Kier molecular flexibility index (Phi) is 2.98. The molecule has 0 saturated heterocycles. The minimum Gasteiger partial charge on any atom is -0.508 e. The maximum atomic E-state index is 11.9. The average molecular weight is 245 g/mol. The lowest BCUT2D eigenvalue weighted by molar-refractivity contribution is -0.125. The van der Waals surface area contributed by atoms with E-state index in [9.17, 15) is 9.90 Å². The van der Waals surface area contributed by atoms with Crippen molar-refractivity contribution in [3.8, 4) is 5.75 Å². The van der Waals surface area contributed by atoms with Crippen molar-refractivity contribution in [2.45, 2.75) is 25.7 Å². The molecule has 2 aliphatic carbocycles. The zero-order valence-electron chi connectivity index (χ0n) is 10.4. The molecule has 96 valence electrons. The summed E-state index contributed by atoms with van der Waals surface area (Å²) in [5.74, 6) is 2.51. The standard InChI is InChI=1S/C15H19NO2/c17-14-3-1-10(2-4-14)5-6-16-15(18)13-8-11-7-12(11)9-13/h1-4,11-13,17H,5-9H2,(H,16,18). The van der Waals surface area contributed by atoms with Crippen LogP contribution in [0.4, 0.5) is 0 Å². The molecule has 3 heteroatoms. The number of phenols is 1. The minimum atomic E-state index is 0.237. The lowest BCUT2D eigenvalue weighted by Crippen LogP contribution is -2.31. The van der Waals surface area contributed by atoms with E-state index in [1.807, 2.05) is 12.1 Å². The molecule has 0 spiro atoms. The maximum Gasteiger partial charge on any atom is 0.223 e. The molecule has 0 radical (unpaired) electrons. The van der Waals surface area contributed by atoms with Crippen LogP contribution in [0, 0.1) is 17.8 Å². The molecule has 0 aromatic heterocycles. The number of amides is 1. The van der Waals surface area contributed by atoms with Crippen molar-refractivity contribution >= 4 is 5.91 Å². The van der Waals surface area contributed by atoms with Gasteiger partial charge in [0, 0.05) is 12.5 Å². The van der Waals surface area contributed by atoms with Crippen LogP contribution in [0.1, 0.15) is 24.8 Å². The number of rotatable bonds is 4. The molecule has 2 atom stereocenters. The van der Waals surface area contributed by atoms with Crippen LogP contribution in [-0.2, 0) is 11.2 Å². The Balaban J connectivity index is 1.41. The van der Waals surface area contributed by atoms with E-state index in [4.69, 9.17) is 0 Å². The van der Waals surface area contributed by atoms with Crippen LogP contribution in [0.3, 0.4) is 0 Å². The van der Waals surface area contributed by atoms with Crippen LogP contribution in [0.2, 0.25) is 0 Å². The number of hydrogen-bond donors (Lipinski definition) is 2. The van der Waals surface area contributed by atoms with E-state index in [-0.39, 0.29) is 17.6 Å². The van der Waals surface area contributed by atoms with Crippen LogP contribution in [0.5, 0.6) is 5.75 Å². The van der Waals surface area contributed by atoms with E-state index in [0.29, 0.717) is 6.54 Å². The summed E-state index contributed by atoms with van der Waals surface area (Å²) in [6.07, 6.45) is 4.40. The van der Waals surface area contributed by atoms with Crippen molar-refractivity contribution in [3.05, 3.63) is 29.8 Å². The quantitative estimate of drug-likeness (QED) is 0.853. The molecule has 2 aliphatic rings. The van der Waals surface area contributed by atoms with Crippen LogP contribution in [0.15, 0.2) is 24.3 Å². The molecule has 1 aromatic carbocycles. The minimum absolute atomic E-state index is 0.237. The Morgan fingerprint density at radius 2 is 1.83 bits per heavy atom. The summed E-state index contributed by atoms with van der Waals surface area (Å²) < 4.78 is 0. The van der Waals surface area contributed by atoms with E-state index < -0.39 is 0 Å². The van der Waals surface area contributed by atoms with Gasteiger partial charge in [-0.1, -0.05) is 12.1 Å². The number of hydrogen-bond acceptors (Lipinski definition) is 2. The van der Waals surface area contributed by atoms with Crippen molar-refractivity contribution in [1.29, 1.82) is 0 Å². The molecule has 0 aliphatic heterocycles. The van der Waals surface area contributed by atoms with E-state index in [0.717, 1.165) is 36.7 Å². The first-order valence-electron chi connectivity index (χ1n) is 6.78. The maximum absolute atomic E-state index is 11.9. The van der Waals surface area contributed by atoms with Gasteiger partial charge < -0.3 is 10.4 Å². The fourth-order valence-electron chi connectivity index (χ4n) is 3.07. The van der Waals surface area contributed by atoms with Crippen molar-refractivity contribution in [3.63, 3.8) is 0 Å². The molecule has 2 N–H and O–H groups in total. The Hall–Kier alpha value is -1.51. The highest BCUT2D eigenvalue weighted by Crippen LogP contribution is 2.54. The number of nitrogens with one attached hydrogen (secondary N) is 1.